The molecule has 3 aromatic rings. The summed E-state index contributed by atoms with van der Waals surface area (Å²) >= 11 is 0. The summed E-state index contributed by atoms with van der Waals surface area (Å²) in [5.41, 5.74) is 4.04. The Morgan fingerprint density at radius 1 is 1.03 bits per heavy atom. The molecule has 0 aliphatic carbocycles. The number of rotatable bonds is 7. The van der Waals surface area contributed by atoms with E-state index in [1.54, 1.807) is 48.4 Å². The topological polar surface area (TPSA) is 75.7 Å². The lowest BCUT2D eigenvalue weighted by Crippen LogP contribution is -2.35. The summed E-state index contributed by atoms with van der Waals surface area (Å²) in [6.07, 6.45) is 0.761. The lowest BCUT2D eigenvalue weighted by Gasteiger charge is -2.23. The summed E-state index contributed by atoms with van der Waals surface area (Å²) in [5, 5.41) is 0. The molecule has 32 heavy (non-hydrogen) atoms. The van der Waals surface area contributed by atoms with Gasteiger partial charge in [0.1, 0.15) is 5.75 Å². The summed E-state index contributed by atoms with van der Waals surface area (Å²) in [6.45, 7) is 2.19. The van der Waals surface area contributed by atoms with E-state index in [0.29, 0.717) is 11.3 Å². The highest BCUT2D eigenvalue weighted by Gasteiger charge is 2.31. The Bertz CT molecular complexity index is 1210. The molecule has 0 spiro atoms. The van der Waals surface area contributed by atoms with Crippen LogP contribution in [0.5, 0.6) is 5.75 Å². The predicted molar refractivity (Wildman–Crippen MR) is 125 cm³/mol. The lowest BCUT2D eigenvalue weighted by molar-refractivity contribution is 0.0981. The zero-order valence-electron chi connectivity index (χ0n) is 18.1. The lowest BCUT2D eigenvalue weighted by atomic mass is 10.1. The minimum absolute atomic E-state index is 0.0182. The van der Waals surface area contributed by atoms with Crippen LogP contribution in [-0.4, -0.2) is 27.5 Å². The average Bonchev–Trinajstić information content (AvgIpc) is 3.12. The van der Waals surface area contributed by atoms with Crippen LogP contribution in [0, 0.1) is 0 Å². The largest absolute Gasteiger partial charge is 0.497 e. The van der Waals surface area contributed by atoms with Crippen molar-refractivity contribution in [1.29, 1.82) is 0 Å². The van der Waals surface area contributed by atoms with Gasteiger partial charge in [-0.05, 0) is 60.4 Å². The highest BCUT2D eigenvalue weighted by atomic mass is 32.2. The molecule has 1 amide bonds. The van der Waals surface area contributed by atoms with Gasteiger partial charge in [-0.15, -0.1) is 0 Å². The number of carbonyl (C=O) groups excluding carboxylic acids is 1. The van der Waals surface area contributed by atoms with Gasteiger partial charge in [-0.1, -0.05) is 42.5 Å². The van der Waals surface area contributed by atoms with E-state index in [1.807, 2.05) is 43.3 Å². The Hall–Kier alpha value is -3.16. The molecule has 1 aliphatic heterocycles. The Balaban J connectivity index is 1.50. The summed E-state index contributed by atoms with van der Waals surface area (Å²) in [5.74, 6) is 0.542. The average molecular weight is 451 g/mol. The van der Waals surface area contributed by atoms with Crippen LogP contribution in [0.2, 0.25) is 0 Å². The number of methoxy groups -OCH3 is 1. The van der Waals surface area contributed by atoms with Gasteiger partial charge in [-0.25, -0.2) is 13.1 Å². The number of fused-ring (bicyclic) bond motifs is 1. The molecule has 1 unspecified atom stereocenters. The molecular formula is C25H26N2O4S. The third kappa shape index (κ3) is 4.84. The molecule has 4 rings (SSSR count). The number of benzene rings is 3. The Labute approximate surface area is 188 Å². The molecule has 1 N–H and O–H groups in total. The quantitative estimate of drug-likeness (QED) is 0.592. The maximum absolute atomic E-state index is 13.2. The zero-order valence-corrected chi connectivity index (χ0v) is 18.9. The molecular weight excluding hydrogens is 424 g/mol. The second-order valence-electron chi connectivity index (χ2n) is 7.99. The normalized spacial score (nSPS) is 15.4. The van der Waals surface area contributed by atoms with Crippen molar-refractivity contribution in [2.24, 2.45) is 0 Å². The van der Waals surface area contributed by atoms with Gasteiger partial charge >= 0.3 is 0 Å². The standard InChI is InChI=1S/C25H26N2O4S/c1-18-14-22-9-8-20(16-26-32(29,30)17-19-6-4-3-5-7-19)15-24(22)27(18)25(28)21-10-12-23(31-2)13-11-21/h3-13,15,18,26H,14,16-17H2,1-2H3. The fourth-order valence-electron chi connectivity index (χ4n) is 3.98. The van der Waals surface area contributed by atoms with E-state index in [0.717, 1.165) is 28.8 Å². The number of amides is 1. The van der Waals surface area contributed by atoms with Crippen LogP contribution in [0.15, 0.2) is 72.8 Å². The molecule has 7 heteroatoms. The number of hydrogen-bond acceptors (Lipinski definition) is 4. The maximum atomic E-state index is 13.2. The molecule has 166 valence electrons. The Morgan fingerprint density at radius 3 is 2.44 bits per heavy atom. The molecule has 1 aliphatic rings. The van der Waals surface area contributed by atoms with Crippen LogP contribution in [0.1, 0.15) is 34.0 Å². The number of hydrogen-bond donors (Lipinski definition) is 1. The monoisotopic (exact) mass is 450 g/mol. The van der Waals surface area contributed by atoms with Crippen LogP contribution in [0.3, 0.4) is 0 Å². The van der Waals surface area contributed by atoms with Crippen molar-refractivity contribution in [3.63, 3.8) is 0 Å². The molecule has 0 radical (unpaired) electrons. The van der Waals surface area contributed by atoms with Crippen LogP contribution in [0.4, 0.5) is 5.69 Å². The molecule has 6 nitrogen and oxygen atoms in total. The van der Waals surface area contributed by atoms with Gasteiger partial charge in [0.05, 0.1) is 12.9 Å². The van der Waals surface area contributed by atoms with Gasteiger partial charge in [0.25, 0.3) is 5.91 Å². The van der Waals surface area contributed by atoms with Gasteiger partial charge < -0.3 is 9.64 Å². The number of nitrogens with zero attached hydrogens (tertiary/aromatic N) is 1. The van der Waals surface area contributed by atoms with Crippen LogP contribution in [0.25, 0.3) is 0 Å². The number of nitrogens with one attached hydrogen (secondary N) is 1. The van der Waals surface area contributed by atoms with E-state index < -0.39 is 10.0 Å². The van der Waals surface area contributed by atoms with E-state index in [9.17, 15) is 13.2 Å². The van der Waals surface area contributed by atoms with Gasteiger partial charge in [0, 0.05) is 23.8 Å². The van der Waals surface area contributed by atoms with Crippen molar-refractivity contribution in [2.75, 3.05) is 12.0 Å². The van der Waals surface area contributed by atoms with E-state index in [1.165, 1.54) is 0 Å². The SMILES string of the molecule is COc1ccc(C(=O)N2c3cc(CNS(=O)(=O)Cc4ccccc4)ccc3CC2C)cc1. The first-order valence-corrected chi connectivity index (χ1v) is 12.1. The summed E-state index contributed by atoms with van der Waals surface area (Å²) in [7, 11) is -1.89. The number of anilines is 1. The van der Waals surface area contributed by atoms with E-state index in [2.05, 4.69) is 4.72 Å². The van der Waals surface area contributed by atoms with Crippen molar-refractivity contribution in [1.82, 2.24) is 4.72 Å². The number of sulfonamides is 1. The summed E-state index contributed by atoms with van der Waals surface area (Å²) in [6, 6.07) is 22.0. The fourth-order valence-corrected chi connectivity index (χ4v) is 5.10. The zero-order chi connectivity index (χ0) is 22.7. The minimum atomic E-state index is -3.48. The van der Waals surface area contributed by atoms with E-state index in [-0.39, 0.29) is 24.2 Å². The van der Waals surface area contributed by atoms with Crippen LogP contribution in [-0.2, 0) is 28.7 Å². The van der Waals surface area contributed by atoms with Crippen molar-refractivity contribution >= 4 is 21.6 Å². The molecule has 0 aromatic heterocycles. The number of ether oxygens (including phenoxy) is 1. The second kappa shape index (κ2) is 9.14. The Kier molecular flexibility index (Phi) is 6.30. The van der Waals surface area contributed by atoms with Crippen molar-refractivity contribution in [2.45, 2.75) is 31.7 Å². The van der Waals surface area contributed by atoms with Gasteiger partial charge in [0.15, 0.2) is 0 Å². The van der Waals surface area contributed by atoms with Crippen LogP contribution < -0.4 is 14.4 Å². The first-order chi connectivity index (χ1) is 15.4. The first-order valence-electron chi connectivity index (χ1n) is 10.5. The minimum Gasteiger partial charge on any atom is -0.497 e. The van der Waals surface area contributed by atoms with Gasteiger partial charge in [0.2, 0.25) is 10.0 Å². The van der Waals surface area contributed by atoms with Crippen molar-refractivity contribution < 1.29 is 17.9 Å². The molecule has 0 fully saturated rings. The van der Waals surface area contributed by atoms with Crippen LogP contribution >= 0.6 is 0 Å². The molecule has 3 aromatic carbocycles. The highest BCUT2D eigenvalue weighted by molar-refractivity contribution is 7.88. The smallest absolute Gasteiger partial charge is 0.258 e. The highest BCUT2D eigenvalue weighted by Crippen LogP contribution is 2.34. The van der Waals surface area contributed by atoms with E-state index >= 15 is 0 Å². The van der Waals surface area contributed by atoms with Crippen molar-refractivity contribution in [3.05, 3.63) is 95.1 Å². The van der Waals surface area contributed by atoms with E-state index in [4.69, 9.17) is 4.74 Å². The Morgan fingerprint density at radius 2 is 1.75 bits per heavy atom. The third-order valence-electron chi connectivity index (χ3n) is 5.62. The van der Waals surface area contributed by atoms with Crippen molar-refractivity contribution in [3.8, 4) is 5.75 Å². The molecule has 0 saturated heterocycles. The molecule has 1 atom stereocenters. The maximum Gasteiger partial charge on any atom is 0.258 e. The molecule has 0 saturated carbocycles. The summed E-state index contributed by atoms with van der Waals surface area (Å²) in [4.78, 5) is 15.0. The number of carbonyl (C=O) groups is 1. The first kappa shape index (κ1) is 22.0. The fraction of sp³-hybridized carbons (Fsp3) is 0.240. The van der Waals surface area contributed by atoms with Gasteiger partial charge in [-0.2, -0.15) is 0 Å². The second-order valence-corrected chi connectivity index (χ2v) is 9.79. The third-order valence-corrected chi connectivity index (χ3v) is 6.91. The molecule has 1 heterocycles. The summed E-state index contributed by atoms with van der Waals surface area (Å²) < 4.78 is 32.8. The van der Waals surface area contributed by atoms with Gasteiger partial charge in [-0.3, -0.25) is 4.79 Å². The predicted octanol–water partition coefficient (Wildman–Crippen LogP) is 3.91. The molecule has 0 bridgehead atoms.